The molecule has 2 heterocycles. The molecular weight excluding hydrogens is 330 g/mol. The number of hydrogen-bond donors (Lipinski definition) is 0. The lowest BCUT2D eigenvalue weighted by atomic mass is 10.1. The number of para-hydroxylation sites is 1. The minimum Gasteiger partial charge on any atom is -0.496 e. The first kappa shape index (κ1) is 17.9. The standard InChI is InChI=1S/C20H23N3O3/c1-26-18-8-3-2-6-16(18)9-10-19(24)22-12-14-23(15-13-22)20(25)17-7-4-5-11-21-17/h2-8,11H,9-10,12-15H2,1H3. The highest BCUT2D eigenvalue weighted by molar-refractivity contribution is 5.92. The summed E-state index contributed by atoms with van der Waals surface area (Å²) in [5, 5.41) is 0. The topological polar surface area (TPSA) is 62.7 Å². The van der Waals surface area contributed by atoms with E-state index in [1.165, 1.54) is 0 Å². The van der Waals surface area contributed by atoms with Gasteiger partial charge in [-0.1, -0.05) is 24.3 Å². The molecule has 0 radical (unpaired) electrons. The van der Waals surface area contributed by atoms with Crippen molar-refractivity contribution >= 4 is 11.8 Å². The summed E-state index contributed by atoms with van der Waals surface area (Å²) in [6.45, 7) is 2.19. The van der Waals surface area contributed by atoms with Crippen LogP contribution in [0.1, 0.15) is 22.5 Å². The number of benzene rings is 1. The van der Waals surface area contributed by atoms with Gasteiger partial charge < -0.3 is 14.5 Å². The van der Waals surface area contributed by atoms with Crippen LogP contribution in [0.25, 0.3) is 0 Å². The fraction of sp³-hybridized carbons (Fsp3) is 0.350. The van der Waals surface area contributed by atoms with Gasteiger partial charge in [-0.05, 0) is 30.2 Å². The molecule has 1 aromatic heterocycles. The molecule has 1 aromatic carbocycles. The Kier molecular flexibility index (Phi) is 5.84. The Balaban J connectivity index is 1.50. The molecule has 0 atom stereocenters. The van der Waals surface area contributed by atoms with E-state index in [-0.39, 0.29) is 11.8 Å². The van der Waals surface area contributed by atoms with E-state index in [1.807, 2.05) is 29.2 Å². The summed E-state index contributed by atoms with van der Waals surface area (Å²) in [7, 11) is 1.64. The highest BCUT2D eigenvalue weighted by Crippen LogP contribution is 2.19. The zero-order chi connectivity index (χ0) is 18.4. The second-order valence-corrected chi connectivity index (χ2v) is 6.20. The van der Waals surface area contributed by atoms with Crippen molar-refractivity contribution in [3.8, 4) is 5.75 Å². The summed E-state index contributed by atoms with van der Waals surface area (Å²) in [6.07, 6.45) is 2.70. The zero-order valence-electron chi connectivity index (χ0n) is 14.9. The number of amides is 2. The van der Waals surface area contributed by atoms with Gasteiger partial charge in [-0.3, -0.25) is 14.6 Å². The van der Waals surface area contributed by atoms with Gasteiger partial charge in [0.05, 0.1) is 7.11 Å². The van der Waals surface area contributed by atoms with Crippen LogP contribution in [0.15, 0.2) is 48.7 Å². The molecule has 0 bridgehead atoms. The van der Waals surface area contributed by atoms with Crippen LogP contribution in [0.5, 0.6) is 5.75 Å². The molecule has 0 aliphatic carbocycles. The predicted molar refractivity (Wildman–Crippen MR) is 98.0 cm³/mol. The Hall–Kier alpha value is -2.89. The van der Waals surface area contributed by atoms with Crippen LogP contribution >= 0.6 is 0 Å². The third-order valence-electron chi connectivity index (χ3n) is 4.60. The average Bonchev–Trinajstić information content (AvgIpc) is 2.72. The molecule has 3 rings (SSSR count). The number of aryl methyl sites for hydroxylation is 1. The summed E-state index contributed by atoms with van der Waals surface area (Å²) >= 11 is 0. The van der Waals surface area contributed by atoms with Crippen molar-refractivity contribution < 1.29 is 14.3 Å². The van der Waals surface area contributed by atoms with Gasteiger partial charge in [0.1, 0.15) is 11.4 Å². The zero-order valence-corrected chi connectivity index (χ0v) is 14.9. The lowest BCUT2D eigenvalue weighted by Crippen LogP contribution is -2.50. The first-order valence-corrected chi connectivity index (χ1v) is 8.79. The van der Waals surface area contributed by atoms with Crippen LogP contribution in [0.3, 0.4) is 0 Å². The van der Waals surface area contributed by atoms with Crippen LogP contribution in [-0.4, -0.2) is 59.9 Å². The third kappa shape index (κ3) is 4.20. The molecule has 6 nitrogen and oxygen atoms in total. The third-order valence-corrected chi connectivity index (χ3v) is 4.60. The number of carbonyl (C=O) groups is 2. The highest BCUT2D eigenvalue weighted by atomic mass is 16.5. The number of rotatable bonds is 5. The second-order valence-electron chi connectivity index (χ2n) is 6.20. The largest absolute Gasteiger partial charge is 0.496 e. The Morgan fingerprint density at radius 2 is 1.69 bits per heavy atom. The number of piperazine rings is 1. The molecule has 0 unspecified atom stereocenters. The summed E-state index contributed by atoms with van der Waals surface area (Å²) in [5.41, 5.74) is 1.48. The number of carbonyl (C=O) groups excluding carboxylic acids is 2. The Morgan fingerprint density at radius 1 is 1.00 bits per heavy atom. The smallest absolute Gasteiger partial charge is 0.272 e. The van der Waals surface area contributed by atoms with Gasteiger partial charge in [-0.2, -0.15) is 0 Å². The molecule has 0 saturated carbocycles. The van der Waals surface area contributed by atoms with E-state index in [2.05, 4.69) is 4.98 Å². The maximum Gasteiger partial charge on any atom is 0.272 e. The maximum atomic E-state index is 12.5. The summed E-state index contributed by atoms with van der Waals surface area (Å²) in [5.74, 6) is 0.846. The predicted octanol–water partition coefficient (Wildman–Crippen LogP) is 2.01. The Labute approximate surface area is 153 Å². The Morgan fingerprint density at radius 3 is 2.38 bits per heavy atom. The lowest BCUT2D eigenvalue weighted by Gasteiger charge is -2.34. The second kappa shape index (κ2) is 8.47. The van der Waals surface area contributed by atoms with Crippen LogP contribution in [-0.2, 0) is 11.2 Å². The number of hydrogen-bond acceptors (Lipinski definition) is 4. The molecule has 1 aliphatic rings. The van der Waals surface area contributed by atoms with Crippen molar-refractivity contribution in [1.82, 2.24) is 14.8 Å². The molecule has 0 N–H and O–H groups in total. The normalized spacial score (nSPS) is 14.2. The van der Waals surface area contributed by atoms with Crippen molar-refractivity contribution in [2.24, 2.45) is 0 Å². The van der Waals surface area contributed by atoms with Gasteiger partial charge in [0, 0.05) is 38.8 Å². The average molecular weight is 353 g/mol. The molecule has 1 aliphatic heterocycles. The summed E-state index contributed by atoms with van der Waals surface area (Å²) in [4.78, 5) is 32.6. The van der Waals surface area contributed by atoms with E-state index in [9.17, 15) is 9.59 Å². The lowest BCUT2D eigenvalue weighted by molar-refractivity contribution is -0.132. The molecule has 136 valence electrons. The molecule has 6 heteroatoms. The molecule has 0 spiro atoms. The number of ether oxygens (including phenoxy) is 1. The molecule has 1 saturated heterocycles. The summed E-state index contributed by atoms with van der Waals surface area (Å²) < 4.78 is 5.33. The van der Waals surface area contributed by atoms with Crippen molar-refractivity contribution in [1.29, 1.82) is 0 Å². The van der Waals surface area contributed by atoms with Crippen molar-refractivity contribution in [3.05, 3.63) is 59.9 Å². The highest BCUT2D eigenvalue weighted by Gasteiger charge is 2.25. The van der Waals surface area contributed by atoms with Gasteiger partial charge in [0.15, 0.2) is 0 Å². The van der Waals surface area contributed by atoms with Crippen molar-refractivity contribution in [2.45, 2.75) is 12.8 Å². The van der Waals surface area contributed by atoms with Gasteiger partial charge in [0.2, 0.25) is 5.91 Å². The SMILES string of the molecule is COc1ccccc1CCC(=O)N1CCN(C(=O)c2ccccn2)CC1. The number of methoxy groups -OCH3 is 1. The van der Waals surface area contributed by atoms with Gasteiger partial charge in [-0.25, -0.2) is 0 Å². The summed E-state index contributed by atoms with van der Waals surface area (Å²) in [6, 6.07) is 13.1. The van der Waals surface area contributed by atoms with E-state index in [1.54, 1.807) is 36.4 Å². The molecular formula is C20H23N3O3. The quantitative estimate of drug-likeness (QED) is 0.825. The van der Waals surface area contributed by atoms with E-state index in [0.717, 1.165) is 11.3 Å². The van der Waals surface area contributed by atoms with Crippen LogP contribution < -0.4 is 4.74 Å². The maximum absolute atomic E-state index is 12.5. The minimum atomic E-state index is -0.0771. The van der Waals surface area contributed by atoms with Crippen molar-refractivity contribution in [2.75, 3.05) is 33.3 Å². The fourth-order valence-corrected chi connectivity index (χ4v) is 3.12. The first-order valence-electron chi connectivity index (χ1n) is 8.79. The minimum absolute atomic E-state index is 0.0771. The van der Waals surface area contributed by atoms with E-state index < -0.39 is 0 Å². The molecule has 2 amide bonds. The molecule has 2 aromatic rings. The van der Waals surface area contributed by atoms with E-state index >= 15 is 0 Å². The van der Waals surface area contributed by atoms with Gasteiger partial charge >= 0.3 is 0 Å². The van der Waals surface area contributed by atoms with E-state index in [4.69, 9.17) is 4.74 Å². The monoisotopic (exact) mass is 353 g/mol. The fourth-order valence-electron chi connectivity index (χ4n) is 3.12. The molecule has 26 heavy (non-hydrogen) atoms. The van der Waals surface area contributed by atoms with Gasteiger partial charge in [-0.15, -0.1) is 0 Å². The molecule has 1 fully saturated rings. The number of aromatic nitrogens is 1. The van der Waals surface area contributed by atoms with Crippen LogP contribution in [0.4, 0.5) is 0 Å². The van der Waals surface area contributed by atoms with Gasteiger partial charge in [0.25, 0.3) is 5.91 Å². The van der Waals surface area contributed by atoms with E-state index in [0.29, 0.717) is 44.7 Å². The van der Waals surface area contributed by atoms with Crippen LogP contribution in [0, 0.1) is 0 Å². The number of nitrogens with zero attached hydrogens (tertiary/aromatic N) is 3. The van der Waals surface area contributed by atoms with Crippen molar-refractivity contribution in [3.63, 3.8) is 0 Å². The first-order chi connectivity index (χ1) is 12.7. The van der Waals surface area contributed by atoms with Crippen LogP contribution in [0.2, 0.25) is 0 Å². The number of pyridine rings is 1. The Bertz CT molecular complexity index is 756.